The van der Waals surface area contributed by atoms with Crippen LogP contribution in [-0.4, -0.2) is 29.2 Å². The second-order valence-corrected chi connectivity index (χ2v) is 5.46. The van der Waals surface area contributed by atoms with E-state index in [-0.39, 0.29) is 29.8 Å². The number of esters is 1. The molecule has 0 radical (unpaired) electrons. The van der Waals surface area contributed by atoms with E-state index in [9.17, 15) is 14.4 Å². The molecule has 0 saturated carbocycles. The van der Waals surface area contributed by atoms with Crippen LogP contribution in [0.1, 0.15) is 27.2 Å². The Morgan fingerprint density at radius 1 is 1.39 bits per heavy atom. The monoisotopic (exact) mass is 270 g/mol. The molecular formula is C13H18O4S. The largest absolute Gasteiger partial charge is 0.465 e. The van der Waals surface area contributed by atoms with Gasteiger partial charge in [0.2, 0.25) is 0 Å². The number of allylic oxidation sites excluding steroid dienone is 2. The van der Waals surface area contributed by atoms with Crippen molar-refractivity contribution in [3.8, 4) is 0 Å². The predicted octanol–water partition coefficient (Wildman–Crippen LogP) is 1.98. The molecular weight excluding hydrogens is 252 g/mol. The Hall–Kier alpha value is -1.10. The average Bonchev–Trinajstić information content (AvgIpc) is 2.54. The molecule has 0 fully saturated rings. The Morgan fingerprint density at radius 3 is 2.61 bits per heavy atom. The lowest BCUT2D eigenvalue weighted by Crippen LogP contribution is -2.29. The van der Waals surface area contributed by atoms with Crippen molar-refractivity contribution in [3.05, 3.63) is 11.6 Å². The lowest BCUT2D eigenvalue weighted by Gasteiger charge is -2.18. The highest BCUT2D eigenvalue weighted by Gasteiger charge is 2.41. The maximum Gasteiger partial charge on any atom is 0.317 e. The Labute approximate surface area is 111 Å². The molecule has 0 aliphatic heterocycles. The molecule has 2 atom stereocenters. The maximum absolute atomic E-state index is 11.8. The number of carbonyl (C=O) groups is 3. The second-order valence-electron chi connectivity index (χ2n) is 4.14. The number of ketones is 1. The Bertz CT molecular complexity index is 386. The molecule has 0 heterocycles. The highest BCUT2D eigenvalue weighted by Crippen LogP contribution is 2.34. The molecule has 0 bridgehead atoms. The van der Waals surface area contributed by atoms with E-state index in [0.29, 0.717) is 5.75 Å². The summed E-state index contributed by atoms with van der Waals surface area (Å²) in [5, 5.41) is 0.0132. The number of hydrogen-bond acceptors (Lipinski definition) is 5. The van der Waals surface area contributed by atoms with Crippen LogP contribution in [0, 0.1) is 11.8 Å². The Balaban J connectivity index is 2.78. The van der Waals surface area contributed by atoms with Gasteiger partial charge in [-0.2, -0.15) is 0 Å². The molecule has 0 aromatic carbocycles. The number of hydrogen-bond donors (Lipinski definition) is 0. The molecule has 0 aromatic rings. The van der Waals surface area contributed by atoms with E-state index in [1.165, 1.54) is 17.8 Å². The number of thioether (sulfide) groups is 1. The van der Waals surface area contributed by atoms with Crippen molar-refractivity contribution in [3.63, 3.8) is 0 Å². The van der Waals surface area contributed by atoms with E-state index in [1.807, 2.05) is 6.92 Å². The molecule has 5 heteroatoms. The van der Waals surface area contributed by atoms with Crippen molar-refractivity contribution in [2.45, 2.75) is 27.2 Å². The molecule has 0 spiro atoms. The van der Waals surface area contributed by atoms with E-state index in [4.69, 9.17) is 4.74 Å². The highest BCUT2D eigenvalue weighted by molar-refractivity contribution is 8.13. The predicted molar refractivity (Wildman–Crippen MR) is 70.1 cm³/mol. The number of ether oxygens (including phenoxy) is 1. The van der Waals surface area contributed by atoms with Crippen LogP contribution in [0.4, 0.5) is 0 Å². The normalized spacial score (nSPS) is 22.8. The van der Waals surface area contributed by atoms with Crippen LogP contribution >= 0.6 is 11.8 Å². The fraction of sp³-hybridized carbons (Fsp3) is 0.615. The fourth-order valence-corrected chi connectivity index (χ4v) is 2.69. The van der Waals surface area contributed by atoms with E-state index < -0.39 is 11.9 Å². The van der Waals surface area contributed by atoms with Crippen LogP contribution in [0.2, 0.25) is 0 Å². The summed E-state index contributed by atoms with van der Waals surface area (Å²) in [6, 6.07) is 0. The molecule has 0 N–H and O–H groups in total. The first-order valence-electron chi connectivity index (χ1n) is 6.05. The molecule has 4 nitrogen and oxygen atoms in total. The summed E-state index contributed by atoms with van der Waals surface area (Å²) in [5.74, 6) is -1.22. The summed E-state index contributed by atoms with van der Waals surface area (Å²) in [5.41, 5.74) is 0.795. The SMILES string of the molecule is CCOC(=O)[C@@H]1C(=O)C=C(C)[C@H]1CC(=O)SCC. The zero-order chi connectivity index (χ0) is 13.7. The topological polar surface area (TPSA) is 60.4 Å². The zero-order valence-corrected chi connectivity index (χ0v) is 11.7. The van der Waals surface area contributed by atoms with Crippen LogP contribution in [0.15, 0.2) is 11.6 Å². The van der Waals surface area contributed by atoms with Gasteiger partial charge in [-0.1, -0.05) is 24.3 Å². The Morgan fingerprint density at radius 2 is 2.06 bits per heavy atom. The highest BCUT2D eigenvalue weighted by atomic mass is 32.2. The smallest absolute Gasteiger partial charge is 0.317 e. The van der Waals surface area contributed by atoms with Crippen LogP contribution in [-0.2, 0) is 19.1 Å². The van der Waals surface area contributed by atoms with Gasteiger partial charge in [0.1, 0.15) is 5.92 Å². The summed E-state index contributed by atoms with van der Waals surface area (Å²) in [6.07, 6.45) is 1.67. The van der Waals surface area contributed by atoms with Crippen LogP contribution < -0.4 is 0 Å². The van der Waals surface area contributed by atoms with Gasteiger partial charge in [0.25, 0.3) is 0 Å². The van der Waals surface area contributed by atoms with Gasteiger partial charge >= 0.3 is 5.97 Å². The van der Waals surface area contributed by atoms with E-state index in [0.717, 1.165) is 5.57 Å². The Kier molecular flexibility index (Phi) is 5.59. The van der Waals surface area contributed by atoms with Crippen molar-refractivity contribution < 1.29 is 19.1 Å². The molecule has 0 amide bonds. The van der Waals surface area contributed by atoms with Crippen molar-refractivity contribution in [2.75, 3.05) is 12.4 Å². The first-order chi connectivity index (χ1) is 8.51. The summed E-state index contributed by atoms with van der Waals surface area (Å²) >= 11 is 1.22. The first-order valence-corrected chi connectivity index (χ1v) is 7.04. The van der Waals surface area contributed by atoms with Gasteiger partial charge in [0.05, 0.1) is 6.61 Å². The third-order valence-corrected chi connectivity index (χ3v) is 3.67. The van der Waals surface area contributed by atoms with E-state index in [1.54, 1.807) is 13.8 Å². The second kappa shape index (κ2) is 6.73. The summed E-state index contributed by atoms with van der Waals surface area (Å²) in [6.45, 7) is 5.62. The van der Waals surface area contributed by atoms with Gasteiger partial charge in [-0.15, -0.1) is 0 Å². The average molecular weight is 270 g/mol. The third kappa shape index (κ3) is 3.45. The number of carbonyl (C=O) groups excluding carboxylic acids is 3. The van der Waals surface area contributed by atoms with E-state index in [2.05, 4.69) is 0 Å². The molecule has 1 aliphatic rings. The van der Waals surface area contributed by atoms with Gasteiger partial charge in [-0.3, -0.25) is 14.4 Å². The van der Waals surface area contributed by atoms with E-state index >= 15 is 0 Å². The van der Waals surface area contributed by atoms with Crippen LogP contribution in [0.3, 0.4) is 0 Å². The van der Waals surface area contributed by atoms with Gasteiger partial charge in [0.15, 0.2) is 10.9 Å². The zero-order valence-electron chi connectivity index (χ0n) is 10.9. The third-order valence-electron chi connectivity index (χ3n) is 2.90. The van der Waals surface area contributed by atoms with Gasteiger partial charge in [0, 0.05) is 12.3 Å². The minimum atomic E-state index is -0.827. The summed E-state index contributed by atoms with van der Waals surface area (Å²) < 4.78 is 4.91. The molecule has 1 rings (SSSR count). The maximum atomic E-state index is 11.8. The first kappa shape index (κ1) is 15.0. The lowest BCUT2D eigenvalue weighted by molar-refractivity contribution is -0.151. The van der Waals surface area contributed by atoms with Crippen molar-refractivity contribution >= 4 is 28.6 Å². The van der Waals surface area contributed by atoms with Gasteiger partial charge in [-0.05, 0) is 25.7 Å². The molecule has 100 valence electrons. The minimum absolute atomic E-state index is 0.0132. The van der Waals surface area contributed by atoms with Crippen LogP contribution in [0.25, 0.3) is 0 Å². The van der Waals surface area contributed by atoms with Crippen molar-refractivity contribution in [1.29, 1.82) is 0 Å². The minimum Gasteiger partial charge on any atom is -0.465 e. The molecule has 0 unspecified atom stereocenters. The lowest BCUT2D eigenvalue weighted by atomic mass is 9.89. The van der Waals surface area contributed by atoms with Gasteiger partial charge in [-0.25, -0.2) is 0 Å². The summed E-state index contributed by atoms with van der Waals surface area (Å²) in [4.78, 5) is 35.2. The quantitative estimate of drug-likeness (QED) is 0.564. The van der Waals surface area contributed by atoms with Crippen LogP contribution in [0.5, 0.6) is 0 Å². The molecule has 18 heavy (non-hydrogen) atoms. The summed E-state index contributed by atoms with van der Waals surface area (Å²) in [7, 11) is 0. The fourth-order valence-electron chi connectivity index (χ4n) is 2.07. The van der Waals surface area contributed by atoms with Crippen molar-refractivity contribution in [2.24, 2.45) is 11.8 Å². The standard InChI is InChI=1S/C13H18O4S/c1-4-17-13(16)12-9(7-11(15)18-5-2)8(3)6-10(12)14/h6,9,12H,4-5,7H2,1-3H3/t9-,12+/m1/s1. The van der Waals surface area contributed by atoms with Crippen molar-refractivity contribution in [1.82, 2.24) is 0 Å². The molecule has 0 saturated heterocycles. The molecule has 0 aromatic heterocycles. The van der Waals surface area contributed by atoms with Gasteiger partial charge < -0.3 is 4.74 Å². The molecule has 1 aliphatic carbocycles. The number of rotatable bonds is 5.